The highest BCUT2D eigenvalue weighted by atomic mass is 32.2. The fourth-order valence-electron chi connectivity index (χ4n) is 1.40. The minimum atomic E-state index is -0.123. The summed E-state index contributed by atoms with van der Waals surface area (Å²) in [6, 6.07) is 5.76. The summed E-state index contributed by atoms with van der Waals surface area (Å²) in [6.45, 7) is 0.571. The summed E-state index contributed by atoms with van der Waals surface area (Å²) in [5.41, 5.74) is 1.46. The van der Waals surface area contributed by atoms with Gasteiger partial charge in [-0.3, -0.25) is 9.78 Å². The topological polar surface area (TPSA) is 54.9 Å². The molecule has 0 aromatic carbocycles. The van der Waals surface area contributed by atoms with Gasteiger partial charge in [-0.05, 0) is 18.4 Å². The number of hydrogen-bond acceptors (Lipinski definition) is 5. The van der Waals surface area contributed by atoms with E-state index in [2.05, 4.69) is 15.3 Å². The van der Waals surface area contributed by atoms with Crippen LogP contribution in [0.25, 0.3) is 0 Å². The Morgan fingerprint density at radius 1 is 1.50 bits per heavy atom. The fraction of sp³-hybridized carbons (Fsp3) is 0.250. The molecule has 1 amide bonds. The zero-order valence-electron chi connectivity index (χ0n) is 9.92. The Kier molecular flexibility index (Phi) is 4.72. The molecule has 4 nitrogen and oxygen atoms in total. The molecule has 2 aromatic heterocycles. The van der Waals surface area contributed by atoms with Crippen LogP contribution in [0.1, 0.15) is 16.2 Å². The highest BCUT2D eigenvalue weighted by molar-refractivity contribution is 8.00. The third-order valence-corrected chi connectivity index (χ3v) is 4.15. The molecule has 2 rings (SSSR count). The van der Waals surface area contributed by atoms with Crippen molar-refractivity contribution < 1.29 is 4.79 Å². The maximum absolute atomic E-state index is 11.8. The van der Waals surface area contributed by atoms with E-state index in [1.807, 2.05) is 24.5 Å². The van der Waals surface area contributed by atoms with E-state index in [0.717, 1.165) is 16.5 Å². The first-order valence-corrected chi connectivity index (χ1v) is 7.57. The van der Waals surface area contributed by atoms with E-state index in [1.54, 1.807) is 23.3 Å². The number of carbonyl (C=O) groups excluding carboxylic acids is 1. The van der Waals surface area contributed by atoms with Crippen molar-refractivity contribution in [1.29, 1.82) is 0 Å². The molecule has 2 aromatic rings. The average Bonchev–Trinajstić information content (AvgIpc) is 2.89. The van der Waals surface area contributed by atoms with Crippen LogP contribution in [0.2, 0.25) is 0 Å². The molecule has 0 bridgehead atoms. The molecule has 0 radical (unpaired) electrons. The molecule has 0 saturated heterocycles. The Balaban J connectivity index is 1.81. The quantitative estimate of drug-likeness (QED) is 0.853. The van der Waals surface area contributed by atoms with Crippen LogP contribution in [-0.2, 0) is 6.42 Å². The average molecular weight is 279 g/mol. The van der Waals surface area contributed by atoms with Crippen molar-refractivity contribution in [1.82, 2.24) is 15.3 Å². The van der Waals surface area contributed by atoms with Gasteiger partial charge in [-0.1, -0.05) is 17.8 Å². The number of thioether (sulfide) groups is 1. The van der Waals surface area contributed by atoms with Gasteiger partial charge in [0.15, 0.2) is 0 Å². The Hall–Kier alpha value is -1.40. The Labute approximate surface area is 114 Å². The molecule has 1 N–H and O–H groups in total. The van der Waals surface area contributed by atoms with Crippen molar-refractivity contribution in [2.75, 3.05) is 12.8 Å². The molecule has 94 valence electrons. The first-order valence-electron chi connectivity index (χ1n) is 5.47. The van der Waals surface area contributed by atoms with E-state index in [4.69, 9.17) is 0 Å². The Morgan fingerprint density at radius 3 is 3.06 bits per heavy atom. The van der Waals surface area contributed by atoms with Crippen molar-refractivity contribution in [2.24, 2.45) is 0 Å². The molecule has 6 heteroatoms. The van der Waals surface area contributed by atoms with Gasteiger partial charge in [0.05, 0.1) is 0 Å². The van der Waals surface area contributed by atoms with Gasteiger partial charge in [-0.15, -0.1) is 11.3 Å². The maximum Gasteiger partial charge on any atom is 0.270 e. The summed E-state index contributed by atoms with van der Waals surface area (Å²) >= 11 is 3.03. The monoisotopic (exact) mass is 279 g/mol. The van der Waals surface area contributed by atoms with Gasteiger partial charge in [-0.2, -0.15) is 0 Å². The van der Waals surface area contributed by atoms with Gasteiger partial charge in [0.25, 0.3) is 5.91 Å². The van der Waals surface area contributed by atoms with Crippen LogP contribution in [0.5, 0.6) is 0 Å². The number of rotatable bonds is 5. The third-order valence-electron chi connectivity index (χ3n) is 2.28. The SMILES string of the molecule is CSc1nc(C(=O)NCCc2ccccn2)cs1. The lowest BCUT2D eigenvalue weighted by Crippen LogP contribution is -2.26. The number of nitrogens with one attached hydrogen (secondary N) is 1. The largest absolute Gasteiger partial charge is 0.350 e. The molecule has 0 spiro atoms. The molecule has 0 aliphatic carbocycles. The van der Waals surface area contributed by atoms with Gasteiger partial charge in [0.1, 0.15) is 10.0 Å². The number of carbonyl (C=O) groups is 1. The molecule has 2 heterocycles. The number of aromatic nitrogens is 2. The lowest BCUT2D eigenvalue weighted by atomic mass is 10.2. The smallest absolute Gasteiger partial charge is 0.270 e. The molecular formula is C12H13N3OS2. The van der Waals surface area contributed by atoms with Crippen molar-refractivity contribution in [3.8, 4) is 0 Å². The summed E-state index contributed by atoms with van der Waals surface area (Å²) in [6.07, 6.45) is 4.43. The highest BCUT2D eigenvalue weighted by Gasteiger charge is 2.09. The number of thiazole rings is 1. The lowest BCUT2D eigenvalue weighted by molar-refractivity contribution is 0.0949. The summed E-state index contributed by atoms with van der Waals surface area (Å²) in [5.74, 6) is -0.123. The summed E-state index contributed by atoms with van der Waals surface area (Å²) in [5, 5.41) is 4.62. The van der Waals surface area contributed by atoms with E-state index in [9.17, 15) is 4.79 Å². The van der Waals surface area contributed by atoms with Crippen LogP contribution in [0.15, 0.2) is 34.1 Å². The molecular weight excluding hydrogens is 266 g/mol. The van der Waals surface area contributed by atoms with Crippen LogP contribution in [0.4, 0.5) is 0 Å². The standard InChI is InChI=1S/C12H13N3OS2/c1-17-12-15-10(8-18-12)11(16)14-7-5-9-4-2-3-6-13-9/h2-4,6,8H,5,7H2,1H3,(H,14,16). The van der Waals surface area contributed by atoms with E-state index < -0.39 is 0 Å². The van der Waals surface area contributed by atoms with Gasteiger partial charge >= 0.3 is 0 Å². The predicted molar refractivity (Wildman–Crippen MR) is 74.2 cm³/mol. The van der Waals surface area contributed by atoms with Crippen molar-refractivity contribution >= 4 is 29.0 Å². The lowest BCUT2D eigenvalue weighted by Gasteiger charge is -2.02. The predicted octanol–water partition coefficient (Wildman–Crippen LogP) is 2.23. The van der Waals surface area contributed by atoms with Crippen LogP contribution in [0, 0.1) is 0 Å². The Bertz CT molecular complexity index is 513. The zero-order valence-corrected chi connectivity index (χ0v) is 11.6. The third kappa shape index (κ3) is 3.54. The molecule has 0 aliphatic rings. The molecule has 18 heavy (non-hydrogen) atoms. The first kappa shape index (κ1) is 13.0. The van der Waals surface area contributed by atoms with E-state index in [1.165, 1.54) is 11.3 Å². The van der Waals surface area contributed by atoms with E-state index in [0.29, 0.717) is 12.2 Å². The fourth-order valence-corrected chi connectivity index (χ4v) is 2.64. The summed E-state index contributed by atoms with van der Waals surface area (Å²) in [4.78, 5) is 20.2. The molecule has 0 aliphatic heterocycles. The summed E-state index contributed by atoms with van der Waals surface area (Å²) < 4.78 is 0.907. The second-order valence-corrected chi connectivity index (χ2v) is 5.44. The van der Waals surface area contributed by atoms with E-state index >= 15 is 0 Å². The minimum Gasteiger partial charge on any atom is -0.350 e. The summed E-state index contributed by atoms with van der Waals surface area (Å²) in [7, 11) is 0. The molecule has 0 saturated carbocycles. The van der Waals surface area contributed by atoms with Crippen LogP contribution in [0.3, 0.4) is 0 Å². The van der Waals surface area contributed by atoms with Crippen molar-refractivity contribution in [3.05, 3.63) is 41.2 Å². The first-order chi connectivity index (χ1) is 8.79. The van der Waals surface area contributed by atoms with Gasteiger partial charge in [0.2, 0.25) is 0 Å². The second-order valence-electron chi connectivity index (χ2n) is 3.53. The van der Waals surface area contributed by atoms with E-state index in [-0.39, 0.29) is 5.91 Å². The number of pyridine rings is 1. The van der Waals surface area contributed by atoms with Crippen molar-refractivity contribution in [3.63, 3.8) is 0 Å². The van der Waals surface area contributed by atoms with Gasteiger partial charge in [-0.25, -0.2) is 4.98 Å². The van der Waals surface area contributed by atoms with Crippen molar-refractivity contribution in [2.45, 2.75) is 10.8 Å². The second kappa shape index (κ2) is 6.51. The van der Waals surface area contributed by atoms with Gasteiger partial charge in [0, 0.05) is 30.2 Å². The molecule has 0 unspecified atom stereocenters. The highest BCUT2D eigenvalue weighted by Crippen LogP contribution is 2.19. The maximum atomic E-state index is 11.8. The molecule has 0 atom stereocenters. The number of hydrogen-bond donors (Lipinski definition) is 1. The zero-order chi connectivity index (χ0) is 12.8. The number of nitrogens with zero attached hydrogens (tertiary/aromatic N) is 2. The van der Waals surface area contributed by atoms with Crippen LogP contribution in [-0.4, -0.2) is 28.7 Å². The van der Waals surface area contributed by atoms with Gasteiger partial charge < -0.3 is 5.32 Å². The van der Waals surface area contributed by atoms with Crippen LogP contribution >= 0.6 is 23.1 Å². The van der Waals surface area contributed by atoms with Crippen LogP contribution < -0.4 is 5.32 Å². The Morgan fingerprint density at radius 2 is 2.39 bits per heavy atom. The molecule has 0 fully saturated rings. The minimum absolute atomic E-state index is 0.123. The number of amides is 1. The normalized spacial score (nSPS) is 10.3.